The van der Waals surface area contributed by atoms with Crippen LogP contribution in [0.3, 0.4) is 0 Å². The fraction of sp³-hybridized carbons (Fsp3) is 0.426. The van der Waals surface area contributed by atoms with Gasteiger partial charge in [-0.05, 0) is 99.4 Å². The number of carbonyl (C=O) groups is 4. The third-order valence-electron chi connectivity index (χ3n) is 14.2. The van der Waals surface area contributed by atoms with E-state index in [9.17, 15) is 9.59 Å². The van der Waals surface area contributed by atoms with Crippen molar-refractivity contribution in [3.8, 4) is 34.3 Å². The lowest BCUT2D eigenvalue weighted by Gasteiger charge is -2.37. The normalized spacial score (nSPS) is 21.8. The van der Waals surface area contributed by atoms with Gasteiger partial charge in [-0.1, -0.05) is 53.5 Å². The van der Waals surface area contributed by atoms with Crippen molar-refractivity contribution in [1.29, 1.82) is 0 Å². The van der Waals surface area contributed by atoms with Crippen molar-refractivity contribution in [1.82, 2.24) is 29.2 Å². The number of hydrogen-bond donors (Lipinski definition) is 0. The number of hydrogen-bond acceptors (Lipinski definition) is 10. The van der Waals surface area contributed by atoms with Crippen molar-refractivity contribution < 1.29 is 38.1 Å². The van der Waals surface area contributed by atoms with Gasteiger partial charge in [0.2, 0.25) is 17.7 Å². The van der Waals surface area contributed by atoms with E-state index in [0.717, 1.165) is 47.8 Å². The van der Waals surface area contributed by atoms with E-state index in [-0.39, 0.29) is 56.7 Å². The summed E-state index contributed by atoms with van der Waals surface area (Å²) < 4.78 is 26.1. The van der Waals surface area contributed by atoms with Gasteiger partial charge in [0.05, 0.1) is 69.2 Å². The lowest BCUT2D eigenvalue weighted by Crippen LogP contribution is -2.52. The number of likely N-dealkylation sites (tertiary alicyclic amines) is 1. The zero-order valence-corrected chi connectivity index (χ0v) is 42.2. The number of Topliss-reactive ketones (excluding diaryl/α,β-unsaturated/α-hetero) is 1. The molecule has 70 heavy (non-hydrogen) atoms. The fourth-order valence-corrected chi connectivity index (χ4v) is 10.3. The summed E-state index contributed by atoms with van der Waals surface area (Å²) >= 11 is 12.9. The number of ether oxygens (including phenoxy) is 4. The van der Waals surface area contributed by atoms with Crippen LogP contribution in [-0.4, -0.2) is 126 Å². The topological polar surface area (TPSA) is 136 Å². The number of fused-ring (bicyclic) bond motifs is 1. The van der Waals surface area contributed by atoms with Crippen LogP contribution >= 0.6 is 23.2 Å². The molecule has 4 heterocycles. The Hall–Kier alpha value is -5.93. The minimum atomic E-state index is -1.03. The maximum Gasteiger partial charge on any atom is 0.228 e. The molecule has 0 radical (unpaired) electrons. The summed E-state index contributed by atoms with van der Waals surface area (Å²) in [6, 6.07) is 24.2. The standard InChI is InChI=1S/C54H62Cl2N6O8/c1-34-47(63)25-38(32-67-5)53(65)59(3)41(24-35-12-17-39(55)18-13-35)30-58(2)54(66)44(45-33-69-52-43(45)10-9-11-48(52)68-6)27-51(64)62(34)29-37-14-19-40(56)26-49(37)70-42-20-15-36(16-21-42)46-28-57-50(60(46)4)31-61-22-7-8-23-61/h9-21,26,28,34,38,41,44-45H,7-8,22-25,27,29-33H2,1-6H3/t34-,38-,41+,44-,45-/m0/s1. The van der Waals surface area contributed by atoms with Crippen LogP contribution in [0.4, 0.5) is 0 Å². The van der Waals surface area contributed by atoms with Gasteiger partial charge in [-0.3, -0.25) is 24.1 Å². The Balaban J connectivity index is 1.12. The summed E-state index contributed by atoms with van der Waals surface area (Å²) in [5.74, 6) is -0.757. The van der Waals surface area contributed by atoms with Crippen molar-refractivity contribution in [2.24, 2.45) is 18.9 Å². The number of imidazole rings is 1. The van der Waals surface area contributed by atoms with Gasteiger partial charge >= 0.3 is 0 Å². The third kappa shape index (κ3) is 11.3. The molecular formula is C54H62Cl2N6O8. The minimum absolute atomic E-state index is 0.0288. The van der Waals surface area contributed by atoms with Crippen LogP contribution in [-0.2, 0) is 50.5 Å². The molecule has 0 unspecified atom stereocenters. The zero-order valence-electron chi connectivity index (χ0n) is 40.7. The molecule has 0 aliphatic carbocycles. The number of benzene rings is 4. The van der Waals surface area contributed by atoms with Crippen LogP contribution in [0.1, 0.15) is 61.0 Å². The van der Waals surface area contributed by atoms with Crippen molar-refractivity contribution in [3.05, 3.63) is 124 Å². The maximum atomic E-state index is 15.2. The highest BCUT2D eigenvalue weighted by Crippen LogP contribution is 2.46. The number of amides is 3. The molecule has 3 amide bonds. The predicted molar refractivity (Wildman–Crippen MR) is 268 cm³/mol. The van der Waals surface area contributed by atoms with Crippen LogP contribution in [0.5, 0.6) is 23.0 Å². The van der Waals surface area contributed by atoms with Gasteiger partial charge < -0.3 is 38.2 Å². The summed E-state index contributed by atoms with van der Waals surface area (Å²) in [5.41, 5.74) is 4.19. The molecule has 1 aromatic heterocycles. The highest BCUT2D eigenvalue weighted by molar-refractivity contribution is 6.31. The van der Waals surface area contributed by atoms with Crippen LogP contribution in [0.15, 0.2) is 91.1 Å². The fourth-order valence-electron chi connectivity index (χ4n) is 10.0. The second kappa shape index (κ2) is 22.4. The summed E-state index contributed by atoms with van der Waals surface area (Å²) in [6.45, 7) is 4.80. The van der Waals surface area contributed by atoms with E-state index in [1.165, 1.54) is 24.9 Å². The Bertz CT molecular complexity index is 2670. The Morgan fingerprint density at radius 2 is 1.53 bits per heavy atom. The SMILES string of the molecule is COC[C@@H]1CC(=O)[C@H](C)N(Cc2ccc(Cl)cc2Oc2ccc(-c3cnc(CN4CCCC4)n3C)cc2)C(=O)C[C@@H]([C@H]2COc3c(OC)cccc32)C(=O)N(C)C[C@@H](Cc2ccc(Cl)cc2)N(C)C1=O. The number of para-hydroxylation sites is 1. The summed E-state index contributed by atoms with van der Waals surface area (Å²) in [7, 11) is 8.48. The number of ketones is 1. The van der Waals surface area contributed by atoms with E-state index in [0.29, 0.717) is 45.0 Å². The monoisotopic (exact) mass is 992 g/mol. The second-order valence-corrected chi connectivity index (χ2v) is 19.6. The molecule has 16 heteroatoms. The maximum absolute atomic E-state index is 15.2. The molecule has 0 bridgehead atoms. The van der Waals surface area contributed by atoms with E-state index < -0.39 is 35.7 Å². The first kappa shape index (κ1) is 50.5. The van der Waals surface area contributed by atoms with Gasteiger partial charge in [-0.25, -0.2) is 4.98 Å². The van der Waals surface area contributed by atoms with Crippen molar-refractivity contribution in [3.63, 3.8) is 0 Å². The number of halogens is 2. The molecule has 3 aliphatic heterocycles. The van der Waals surface area contributed by atoms with Crippen molar-refractivity contribution in [2.45, 2.75) is 70.1 Å². The predicted octanol–water partition coefficient (Wildman–Crippen LogP) is 8.45. The first-order chi connectivity index (χ1) is 33.7. The first-order valence-electron chi connectivity index (χ1n) is 23.9. The molecule has 2 saturated heterocycles. The molecule has 370 valence electrons. The van der Waals surface area contributed by atoms with E-state index in [1.54, 1.807) is 74.3 Å². The number of methoxy groups -OCH3 is 2. The molecule has 0 spiro atoms. The molecule has 5 aromatic rings. The van der Waals surface area contributed by atoms with Crippen LogP contribution in [0, 0.1) is 11.8 Å². The number of likely N-dealkylation sites (N-methyl/N-ethyl adjacent to an activating group) is 2. The van der Waals surface area contributed by atoms with Crippen molar-refractivity contribution >= 4 is 46.7 Å². The van der Waals surface area contributed by atoms with Crippen LogP contribution in [0.2, 0.25) is 10.0 Å². The first-order valence-corrected chi connectivity index (χ1v) is 24.6. The average Bonchev–Trinajstić information content (AvgIpc) is 4.13. The van der Waals surface area contributed by atoms with Gasteiger partial charge in [0, 0.05) is 80.3 Å². The van der Waals surface area contributed by atoms with Gasteiger partial charge in [0.15, 0.2) is 17.3 Å². The molecule has 5 atom stereocenters. The Morgan fingerprint density at radius 3 is 2.24 bits per heavy atom. The highest BCUT2D eigenvalue weighted by Gasteiger charge is 2.43. The largest absolute Gasteiger partial charge is 0.493 e. The summed E-state index contributed by atoms with van der Waals surface area (Å²) in [6.07, 6.45) is 4.28. The van der Waals surface area contributed by atoms with Gasteiger partial charge in [0.1, 0.15) is 17.3 Å². The summed E-state index contributed by atoms with van der Waals surface area (Å²) in [5, 5.41) is 0.986. The zero-order chi connectivity index (χ0) is 49.6. The molecule has 3 aliphatic rings. The third-order valence-corrected chi connectivity index (χ3v) is 14.7. The van der Waals surface area contributed by atoms with E-state index in [2.05, 4.69) is 9.47 Å². The highest BCUT2D eigenvalue weighted by atomic mass is 35.5. The Labute approximate surface area is 420 Å². The van der Waals surface area contributed by atoms with Gasteiger partial charge in [-0.2, -0.15) is 0 Å². The number of aromatic nitrogens is 2. The van der Waals surface area contributed by atoms with E-state index >= 15 is 9.59 Å². The number of carbonyl (C=O) groups excluding carboxylic acids is 4. The van der Waals surface area contributed by atoms with Crippen LogP contribution in [0.25, 0.3) is 11.3 Å². The van der Waals surface area contributed by atoms with Crippen molar-refractivity contribution in [2.75, 3.05) is 61.2 Å². The smallest absolute Gasteiger partial charge is 0.228 e. The lowest BCUT2D eigenvalue weighted by molar-refractivity contribution is -0.148. The molecule has 0 N–H and O–H groups in total. The molecule has 14 nitrogen and oxygen atoms in total. The molecule has 8 rings (SSSR count). The van der Waals surface area contributed by atoms with Gasteiger partial charge in [0.25, 0.3) is 0 Å². The summed E-state index contributed by atoms with van der Waals surface area (Å²) in [4.78, 5) is 71.5. The van der Waals surface area contributed by atoms with Crippen LogP contribution < -0.4 is 14.2 Å². The Morgan fingerprint density at radius 1 is 0.800 bits per heavy atom. The molecule has 4 aromatic carbocycles. The second-order valence-electron chi connectivity index (χ2n) is 18.8. The quantitative estimate of drug-likeness (QED) is 0.113. The average molecular weight is 994 g/mol. The minimum Gasteiger partial charge on any atom is -0.493 e. The van der Waals surface area contributed by atoms with Gasteiger partial charge in [-0.15, -0.1) is 0 Å². The molecule has 0 saturated carbocycles. The number of nitrogens with zero attached hydrogens (tertiary/aromatic N) is 6. The van der Waals surface area contributed by atoms with E-state index in [4.69, 9.17) is 47.1 Å². The Kier molecular flexibility index (Phi) is 16.2. The molecular weight excluding hydrogens is 932 g/mol. The lowest BCUT2D eigenvalue weighted by atomic mass is 9.83. The van der Waals surface area contributed by atoms with E-state index in [1.807, 2.05) is 61.8 Å². The number of rotatable bonds is 13. The molecule has 2 fully saturated rings.